The van der Waals surface area contributed by atoms with Crippen molar-refractivity contribution in [2.45, 2.75) is 19.1 Å². The summed E-state index contributed by atoms with van der Waals surface area (Å²) in [5, 5.41) is 13.4. The van der Waals surface area contributed by atoms with Gasteiger partial charge in [-0.1, -0.05) is 0 Å². The standard InChI is InChI=1S/C12H11F2N3O5/c1-16-10(18)5-7(11(16)19)15-6-2-3-8(17(20)21)9(4-6)22-12(13)14/h2-4,7,12,15H,5H2,1H3/t7-/m1/s1. The van der Waals surface area contributed by atoms with Crippen LogP contribution in [0.5, 0.6) is 5.75 Å². The maximum Gasteiger partial charge on any atom is 0.387 e. The van der Waals surface area contributed by atoms with Crippen molar-refractivity contribution in [3.8, 4) is 5.75 Å². The average molecular weight is 315 g/mol. The molecule has 0 unspecified atom stereocenters. The Balaban J connectivity index is 2.24. The third kappa shape index (κ3) is 3.10. The summed E-state index contributed by atoms with van der Waals surface area (Å²) in [5.41, 5.74) is -0.473. The number of nitro groups is 1. The molecule has 2 rings (SSSR count). The van der Waals surface area contributed by atoms with E-state index in [1.807, 2.05) is 0 Å². The first kappa shape index (κ1) is 15.6. The van der Waals surface area contributed by atoms with Crippen LogP contribution in [0, 0.1) is 10.1 Å². The summed E-state index contributed by atoms with van der Waals surface area (Å²) in [4.78, 5) is 34.0. The summed E-state index contributed by atoms with van der Waals surface area (Å²) >= 11 is 0. The molecule has 1 aliphatic heterocycles. The van der Waals surface area contributed by atoms with Gasteiger partial charge in [-0.2, -0.15) is 8.78 Å². The minimum absolute atomic E-state index is 0.0860. The van der Waals surface area contributed by atoms with Crippen LogP contribution in [0.1, 0.15) is 6.42 Å². The van der Waals surface area contributed by atoms with E-state index in [1.54, 1.807) is 0 Å². The molecule has 1 aromatic carbocycles. The highest BCUT2D eigenvalue weighted by Crippen LogP contribution is 2.32. The Hall–Kier alpha value is -2.78. The lowest BCUT2D eigenvalue weighted by Gasteiger charge is -2.13. The monoisotopic (exact) mass is 315 g/mol. The number of nitro benzene ring substituents is 1. The van der Waals surface area contributed by atoms with Gasteiger partial charge in [0.15, 0.2) is 0 Å². The minimum atomic E-state index is -3.23. The minimum Gasteiger partial charge on any atom is -0.427 e. The van der Waals surface area contributed by atoms with Crippen LogP contribution < -0.4 is 10.1 Å². The van der Waals surface area contributed by atoms with Crippen molar-refractivity contribution in [1.29, 1.82) is 0 Å². The van der Waals surface area contributed by atoms with Crippen molar-refractivity contribution in [2.24, 2.45) is 0 Å². The molecular weight excluding hydrogens is 304 g/mol. The molecule has 0 radical (unpaired) electrons. The first-order chi connectivity index (χ1) is 10.3. The van der Waals surface area contributed by atoms with Gasteiger partial charge in [-0.05, 0) is 6.07 Å². The van der Waals surface area contributed by atoms with Crippen LogP contribution in [-0.4, -0.2) is 41.3 Å². The summed E-state index contributed by atoms with van der Waals surface area (Å²) in [6.07, 6.45) is -0.0860. The lowest BCUT2D eigenvalue weighted by molar-refractivity contribution is -0.386. The highest BCUT2D eigenvalue weighted by Gasteiger charge is 2.36. The van der Waals surface area contributed by atoms with Crippen molar-refractivity contribution in [2.75, 3.05) is 12.4 Å². The Kier molecular flexibility index (Phi) is 4.20. The summed E-state index contributed by atoms with van der Waals surface area (Å²) in [7, 11) is 1.33. The van der Waals surface area contributed by atoms with Crippen LogP contribution in [0.4, 0.5) is 20.2 Å². The predicted molar refractivity (Wildman–Crippen MR) is 69.5 cm³/mol. The number of likely N-dealkylation sites (N-methyl/N-ethyl adjacent to an activating group) is 1. The van der Waals surface area contributed by atoms with Crippen molar-refractivity contribution in [1.82, 2.24) is 4.90 Å². The van der Waals surface area contributed by atoms with Crippen molar-refractivity contribution >= 4 is 23.2 Å². The first-order valence-electron chi connectivity index (χ1n) is 6.09. The first-order valence-corrected chi connectivity index (χ1v) is 6.09. The number of likely N-dealkylation sites (tertiary alicyclic amines) is 1. The Morgan fingerprint density at radius 3 is 2.64 bits per heavy atom. The number of benzene rings is 1. The molecule has 0 spiro atoms. The summed E-state index contributed by atoms with van der Waals surface area (Å²) in [6, 6.07) is 2.36. The molecule has 1 aromatic rings. The molecule has 1 atom stereocenters. The van der Waals surface area contributed by atoms with Gasteiger partial charge >= 0.3 is 12.3 Å². The molecule has 22 heavy (non-hydrogen) atoms. The number of hydrogen-bond donors (Lipinski definition) is 1. The fourth-order valence-electron chi connectivity index (χ4n) is 2.01. The molecule has 1 saturated heterocycles. The quantitative estimate of drug-likeness (QED) is 0.500. The smallest absolute Gasteiger partial charge is 0.387 e. The molecular formula is C12H11F2N3O5. The predicted octanol–water partition coefficient (Wildman–Crippen LogP) is 1.37. The van der Waals surface area contributed by atoms with E-state index in [1.165, 1.54) is 13.1 Å². The van der Waals surface area contributed by atoms with Gasteiger partial charge in [-0.15, -0.1) is 0 Å². The van der Waals surface area contributed by atoms with Gasteiger partial charge in [0.05, 0.1) is 11.3 Å². The van der Waals surface area contributed by atoms with Gasteiger partial charge in [0.1, 0.15) is 6.04 Å². The molecule has 1 fully saturated rings. The second kappa shape index (κ2) is 5.92. The number of carbonyl (C=O) groups excluding carboxylic acids is 2. The van der Waals surface area contributed by atoms with E-state index in [4.69, 9.17) is 0 Å². The molecule has 0 aromatic heterocycles. The van der Waals surface area contributed by atoms with Gasteiger partial charge in [-0.3, -0.25) is 24.6 Å². The topological polar surface area (TPSA) is 102 Å². The lowest BCUT2D eigenvalue weighted by Crippen LogP contribution is -2.31. The molecule has 8 nitrogen and oxygen atoms in total. The van der Waals surface area contributed by atoms with Crippen molar-refractivity contribution < 1.29 is 28.0 Å². The number of hydrogen-bond acceptors (Lipinski definition) is 6. The van der Waals surface area contributed by atoms with Crippen LogP contribution in [0.15, 0.2) is 18.2 Å². The van der Waals surface area contributed by atoms with E-state index in [0.29, 0.717) is 0 Å². The van der Waals surface area contributed by atoms with Gasteiger partial charge in [0.2, 0.25) is 11.7 Å². The number of anilines is 1. The maximum atomic E-state index is 12.3. The normalized spacial score (nSPS) is 18.0. The second-order valence-electron chi connectivity index (χ2n) is 4.51. The Labute approximate surface area is 122 Å². The molecule has 0 bridgehead atoms. The van der Waals surface area contributed by atoms with E-state index in [9.17, 15) is 28.5 Å². The van der Waals surface area contributed by atoms with Gasteiger partial charge in [0, 0.05) is 24.9 Å². The summed E-state index contributed by atoms with van der Waals surface area (Å²) in [5.74, 6) is -1.48. The zero-order chi connectivity index (χ0) is 16.4. The molecule has 2 amide bonds. The molecule has 0 saturated carbocycles. The van der Waals surface area contributed by atoms with E-state index in [2.05, 4.69) is 10.1 Å². The number of halogens is 2. The van der Waals surface area contributed by atoms with E-state index < -0.39 is 34.9 Å². The van der Waals surface area contributed by atoms with Crippen LogP contribution in [0.2, 0.25) is 0 Å². The van der Waals surface area contributed by atoms with Gasteiger partial charge in [0.25, 0.3) is 5.91 Å². The Morgan fingerprint density at radius 2 is 2.14 bits per heavy atom. The van der Waals surface area contributed by atoms with Crippen LogP contribution >= 0.6 is 0 Å². The van der Waals surface area contributed by atoms with Gasteiger partial charge in [-0.25, -0.2) is 0 Å². The number of rotatable bonds is 5. The highest BCUT2D eigenvalue weighted by atomic mass is 19.3. The third-order valence-corrected chi connectivity index (χ3v) is 3.09. The van der Waals surface area contributed by atoms with E-state index >= 15 is 0 Å². The molecule has 10 heteroatoms. The van der Waals surface area contributed by atoms with Crippen LogP contribution in [0.3, 0.4) is 0 Å². The summed E-state index contributed by atoms with van der Waals surface area (Å²) in [6.45, 7) is -3.23. The number of imide groups is 1. The number of carbonyl (C=O) groups is 2. The highest BCUT2D eigenvalue weighted by molar-refractivity contribution is 6.06. The largest absolute Gasteiger partial charge is 0.427 e. The number of nitrogens with one attached hydrogen (secondary N) is 1. The fraction of sp³-hybridized carbons (Fsp3) is 0.333. The lowest BCUT2D eigenvalue weighted by atomic mass is 10.2. The number of amides is 2. The van der Waals surface area contributed by atoms with Crippen molar-refractivity contribution in [3.05, 3.63) is 28.3 Å². The third-order valence-electron chi connectivity index (χ3n) is 3.09. The SMILES string of the molecule is CN1C(=O)C[C@@H](Nc2ccc([N+](=O)[O-])c(OC(F)F)c2)C1=O. The molecule has 1 N–H and O–H groups in total. The second-order valence-corrected chi connectivity index (χ2v) is 4.51. The fourth-order valence-corrected chi connectivity index (χ4v) is 2.01. The molecule has 118 valence electrons. The van der Waals surface area contributed by atoms with Gasteiger partial charge < -0.3 is 10.1 Å². The molecule has 0 aliphatic carbocycles. The van der Waals surface area contributed by atoms with E-state index in [-0.39, 0.29) is 18.0 Å². The molecule has 1 aliphatic rings. The number of nitrogens with zero attached hydrogens (tertiary/aromatic N) is 2. The van der Waals surface area contributed by atoms with Crippen molar-refractivity contribution in [3.63, 3.8) is 0 Å². The Morgan fingerprint density at radius 1 is 1.45 bits per heavy atom. The average Bonchev–Trinajstić information content (AvgIpc) is 2.65. The maximum absolute atomic E-state index is 12.3. The van der Waals surface area contributed by atoms with Crippen LogP contribution in [0.25, 0.3) is 0 Å². The van der Waals surface area contributed by atoms with E-state index in [0.717, 1.165) is 17.0 Å². The zero-order valence-corrected chi connectivity index (χ0v) is 11.3. The number of alkyl halides is 2. The molecule has 1 heterocycles. The zero-order valence-electron chi connectivity index (χ0n) is 11.3. The summed E-state index contributed by atoms with van der Waals surface area (Å²) < 4.78 is 28.7. The van der Waals surface area contributed by atoms with Crippen LogP contribution in [-0.2, 0) is 9.59 Å². The number of ether oxygens (including phenoxy) is 1. The Bertz CT molecular complexity index is 637.